The van der Waals surface area contributed by atoms with Gasteiger partial charge in [-0.05, 0) is 38.5 Å². The first-order valence-corrected chi connectivity index (χ1v) is 11.0. The molecule has 2 heterocycles. The number of hydrogen-bond donors (Lipinski definition) is 1. The molecule has 0 aromatic heterocycles. The highest BCUT2D eigenvalue weighted by atomic mass is 32.2. The summed E-state index contributed by atoms with van der Waals surface area (Å²) in [6.07, 6.45) is 10.3. The van der Waals surface area contributed by atoms with Crippen molar-refractivity contribution in [3.05, 3.63) is 0 Å². The molecule has 3 aliphatic rings. The van der Waals surface area contributed by atoms with Gasteiger partial charge in [-0.3, -0.25) is 4.79 Å². The Morgan fingerprint density at radius 1 is 0.792 bits per heavy atom. The van der Waals surface area contributed by atoms with Gasteiger partial charge in [-0.1, -0.05) is 25.7 Å². The number of carbonyl (C=O) groups is 1. The Balaban J connectivity index is 1.57. The Hall–Kier alpha value is -0.660. The Labute approximate surface area is 146 Å². The molecule has 6 nitrogen and oxygen atoms in total. The summed E-state index contributed by atoms with van der Waals surface area (Å²) in [6.45, 7) is 2.14. The zero-order valence-electron chi connectivity index (χ0n) is 14.6. The Bertz CT molecular complexity index is 525. The third kappa shape index (κ3) is 4.29. The molecule has 0 bridgehead atoms. The molecule has 1 amide bonds. The topological polar surface area (TPSA) is 69.7 Å². The van der Waals surface area contributed by atoms with Crippen molar-refractivity contribution in [3.63, 3.8) is 0 Å². The first kappa shape index (κ1) is 18.1. The molecule has 138 valence electrons. The van der Waals surface area contributed by atoms with Gasteiger partial charge in [-0.25, -0.2) is 0 Å². The summed E-state index contributed by atoms with van der Waals surface area (Å²) >= 11 is 0. The van der Waals surface area contributed by atoms with Gasteiger partial charge in [0, 0.05) is 32.2 Å². The van der Waals surface area contributed by atoms with Gasteiger partial charge < -0.3 is 5.32 Å². The summed E-state index contributed by atoms with van der Waals surface area (Å²) in [5.41, 5.74) is 0. The maximum Gasteiger partial charge on any atom is 0.281 e. The van der Waals surface area contributed by atoms with Crippen molar-refractivity contribution < 1.29 is 13.2 Å². The number of nitrogens with zero attached hydrogens (tertiary/aromatic N) is 2. The molecule has 1 saturated carbocycles. The number of piperidine rings is 2. The predicted molar refractivity (Wildman–Crippen MR) is 93.7 cm³/mol. The molecule has 1 atom stereocenters. The van der Waals surface area contributed by atoms with Crippen LogP contribution in [0, 0.1) is 5.92 Å². The summed E-state index contributed by atoms with van der Waals surface area (Å²) in [5, 5.41) is 3.17. The van der Waals surface area contributed by atoms with Crippen LogP contribution in [0.25, 0.3) is 0 Å². The molecular formula is C17H31N3O3S. The first-order valence-electron chi connectivity index (χ1n) is 9.63. The van der Waals surface area contributed by atoms with Gasteiger partial charge in [-0.2, -0.15) is 17.0 Å². The normalized spacial score (nSPS) is 28.6. The van der Waals surface area contributed by atoms with Crippen LogP contribution in [0.1, 0.15) is 64.2 Å². The van der Waals surface area contributed by atoms with Crippen LogP contribution in [-0.2, 0) is 15.0 Å². The van der Waals surface area contributed by atoms with Crippen LogP contribution in [0.15, 0.2) is 0 Å². The van der Waals surface area contributed by atoms with Gasteiger partial charge >= 0.3 is 0 Å². The van der Waals surface area contributed by atoms with E-state index in [1.807, 2.05) is 0 Å². The lowest BCUT2D eigenvalue weighted by Gasteiger charge is -2.36. The van der Waals surface area contributed by atoms with Crippen LogP contribution >= 0.6 is 0 Å². The van der Waals surface area contributed by atoms with Crippen molar-refractivity contribution in [1.82, 2.24) is 13.9 Å². The lowest BCUT2D eigenvalue weighted by atomic mass is 9.93. The minimum Gasteiger partial charge on any atom is -0.353 e. The first-order chi connectivity index (χ1) is 11.6. The Morgan fingerprint density at radius 2 is 1.42 bits per heavy atom. The molecule has 7 heteroatoms. The van der Waals surface area contributed by atoms with Gasteiger partial charge in [-0.15, -0.1) is 0 Å². The third-order valence-corrected chi connectivity index (χ3v) is 7.68. The SMILES string of the molecule is O=C(NC1CCCCC1)C1CCCN(S(=O)(=O)N2CCCCC2)C1. The molecule has 24 heavy (non-hydrogen) atoms. The monoisotopic (exact) mass is 357 g/mol. The minimum atomic E-state index is -3.40. The maximum atomic E-state index is 12.8. The van der Waals surface area contributed by atoms with E-state index in [0.717, 1.165) is 44.9 Å². The quantitative estimate of drug-likeness (QED) is 0.835. The molecule has 0 radical (unpaired) electrons. The van der Waals surface area contributed by atoms with Crippen molar-refractivity contribution in [2.75, 3.05) is 26.2 Å². The van der Waals surface area contributed by atoms with Crippen LogP contribution in [-0.4, -0.2) is 55.2 Å². The van der Waals surface area contributed by atoms with Crippen LogP contribution in [0.5, 0.6) is 0 Å². The lowest BCUT2D eigenvalue weighted by Crippen LogP contribution is -2.52. The van der Waals surface area contributed by atoms with Crippen molar-refractivity contribution in [2.24, 2.45) is 5.92 Å². The molecule has 1 unspecified atom stereocenters. The lowest BCUT2D eigenvalue weighted by molar-refractivity contribution is -0.127. The van der Waals surface area contributed by atoms with E-state index >= 15 is 0 Å². The highest BCUT2D eigenvalue weighted by molar-refractivity contribution is 7.86. The van der Waals surface area contributed by atoms with Crippen molar-refractivity contribution >= 4 is 16.1 Å². The van der Waals surface area contributed by atoms with Crippen LogP contribution in [0.4, 0.5) is 0 Å². The van der Waals surface area contributed by atoms with E-state index in [0.29, 0.717) is 32.2 Å². The minimum absolute atomic E-state index is 0.0560. The number of hydrogen-bond acceptors (Lipinski definition) is 3. The standard InChI is InChI=1S/C17H31N3O3S/c21-17(18-16-9-3-1-4-10-16)15-8-7-13-20(14-15)24(22,23)19-11-5-2-6-12-19/h15-16H,1-14H2,(H,18,21). The van der Waals surface area contributed by atoms with E-state index < -0.39 is 10.2 Å². The fourth-order valence-electron chi connectivity index (χ4n) is 4.19. The summed E-state index contributed by atoms with van der Waals surface area (Å²) in [7, 11) is -3.40. The highest BCUT2D eigenvalue weighted by Gasteiger charge is 2.36. The van der Waals surface area contributed by atoms with E-state index in [-0.39, 0.29) is 11.8 Å². The predicted octanol–water partition coefficient (Wildman–Crippen LogP) is 1.88. The number of carbonyl (C=O) groups excluding carboxylic acids is 1. The molecule has 1 aliphatic carbocycles. The summed E-state index contributed by atoms with van der Waals surface area (Å²) < 4.78 is 28.8. The van der Waals surface area contributed by atoms with Crippen molar-refractivity contribution in [3.8, 4) is 0 Å². The molecule has 0 aromatic carbocycles. The number of amides is 1. The van der Waals surface area contributed by atoms with E-state index in [1.54, 1.807) is 8.61 Å². The van der Waals surface area contributed by atoms with Gasteiger partial charge in [0.15, 0.2) is 0 Å². The molecule has 2 saturated heterocycles. The second-order valence-corrected chi connectivity index (χ2v) is 9.44. The summed E-state index contributed by atoms with van der Waals surface area (Å²) in [4.78, 5) is 12.6. The van der Waals surface area contributed by atoms with E-state index in [1.165, 1.54) is 19.3 Å². The summed E-state index contributed by atoms with van der Waals surface area (Å²) in [6, 6.07) is 0.292. The largest absolute Gasteiger partial charge is 0.353 e. The Morgan fingerprint density at radius 3 is 2.12 bits per heavy atom. The number of rotatable bonds is 4. The highest BCUT2D eigenvalue weighted by Crippen LogP contribution is 2.24. The average molecular weight is 358 g/mol. The molecule has 3 rings (SSSR count). The van der Waals surface area contributed by atoms with Gasteiger partial charge in [0.1, 0.15) is 0 Å². The van der Waals surface area contributed by atoms with Gasteiger partial charge in [0.2, 0.25) is 5.91 Å². The second kappa shape index (κ2) is 8.15. The van der Waals surface area contributed by atoms with Gasteiger partial charge in [0.05, 0.1) is 5.92 Å². The molecule has 2 aliphatic heterocycles. The van der Waals surface area contributed by atoms with Crippen LogP contribution in [0.3, 0.4) is 0 Å². The van der Waals surface area contributed by atoms with E-state index in [4.69, 9.17) is 0 Å². The second-order valence-electron chi connectivity index (χ2n) is 7.51. The molecule has 3 fully saturated rings. The van der Waals surface area contributed by atoms with Crippen LogP contribution in [0.2, 0.25) is 0 Å². The fraction of sp³-hybridized carbons (Fsp3) is 0.941. The number of nitrogens with one attached hydrogen (secondary N) is 1. The third-order valence-electron chi connectivity index (χ3n) is 5.67. The molecule has 0 aromatic rings. The maximum absolute atomic E-state index is 12.8. The Kier molecular flexibility index (Phi) is 6.16. The van der Waals surface area contributed by atoms with Crippen molar-refractivity contribution in [1.29, 1.82) is 0 Å². The zero-order chi connectivity index (χ0) is 17.0. The summed E-state index contributed by atoms with van der Waals surface area (Å²) in [5.74, 6) is -0.138. The molecule has 1 N–H and O–H groups in total. The average Bonchev–Trinajstić information content (AvgIpc) is 2.63. The van der Waals surface area contributed by atoms with Crippen LogP contribution < -0.4 is 5.32 Å². The molecular weight excluding hydrogens is 326 g/mol. The van der Waals surface area contributed by atoms with Crippen molar-refractivity contribution in [2.45, 2.75) is 70.3 Å². The molecule has 0 spiro atoms. The van der Waals surface area contributed by atoms with E-state index in [2.05, 4.69) is 5.32 Å². The smallest absolute Gasteiger partial charge is 0.281 e. The van der Waals surface area contributed by atoms with Gasteiger partial charge in [0.25, 0.3) is 10.2 Å². The zero-order valence-corrected chi connectivity index (χ0v) is 15.4. The van der Waals surface area contributed by atoms with E-state index in [9.17, 15) is 13.2 Å². The fourth-order valence-corrected chi connectivity index (χ4v) is 5.97.